The van der Waals surface area contributed by atoms with E-state index in [1.807, 2.05) is 0 Å². The first-order chi connectivity index (χ1) is 13.8. The molecular weight excluding hydrogens is 412 g/mol. The van der Waals surface area contributed by atoms with Crippen LogP contribution in [0.4, 0.5) is 5.69 Å². The number of anilines is 1. The van der Waals surface area contributed by atoms with Crippen molar-refractivity contribution in [3.05, 3.63) is 54.1 Å². The van der Waals surface area contributed by atoms with Crippen LogP contribution in [0.2, 0.25) is 0 Å². The number of nitrogens with one attached hydrogen (secondary N) is 3. The second-order valence-corrected chi connectivity index (χ2v) is 8.62. The van der Waals surface area contributed by atoms with Crippen molar-refractivity contribution >= 4 is 38.9 Å². The van der Waals surface area contributed by atoms with E-state index in [0.717, 1.165) is 18.6 Å². The predicted octanol–water partition coefficient (Wildman–Crippen LogP) is 2.29. The number of hydrogen-bond donors (Lipinski definition) is 4. The molecule has 0 spiro atoms. The Morgan fingerprint density at radius 3 is 2.21 bits per heavy atom. The van der Waals surface area contributed by atoms with E-state index in [1.165, 1.54) is 37.1 Å². The minimum absolute atomic E-state index is 0.00409. The fraction of sp³-hybridized carbons (Fsp3) is 0.263. The van der Waals surface area contributed by atoms with Crippen molar-refractivity contribution in [3.63, 3.8) is 0 Å². The van der Waals surface area contributed by atoms with Crippen molar-refractivity contribution in [1.82, 2.24) is 10.9 Å². The van der Waals surface area contributed by atoms with E-state index < -0.39 is 10.0 Å². The third-order valence-electron chi connectivity index (χ3n) is 4.45. The number of rotatable bonds is 5. The topological polar surface area (TPSA) is 123 Å². The summed E-state index contributed by atoms with van der Waals surface area (Å²) in [4.78, 5) is 12.2. The third kappa shape index (κ3) is 6.14. The van der Waals surface area contributed by atoms with Gasteiger partial charge in [0.15, 0.2) is 5.11 Å². The monoisotopic (exact) mass is 434 g/mol. The summed E-state index contributed by atoms with van der Waals surface area (Å²) >= 11 is 5.11. The minimum atomic E-state index is -3.75. The summed E-state index contributed by atoms with van der Waals surface area (Å²) in [6.07, 6.45) is 4.80. The lowest BCUT2D eigenvalue weighted by molar-refractivity contribution is 0.0944. The number of benzene rings is 2. The smallest absolute Gasteiger partial charge is 0.269 e. The molecule has 0 bridgehead atoms. The van der Waals surface area contributed by atoms with Crippen LogP contribution >= 0.6 is 12.2 Å². The van der Waals surface area contributed by atoms with Crippen molar-refractivity contribution in [2.24, 2.45) is 5.14 Å². The molecule has 3 rings (SSSR count). The Bertz CT molecular complexity index is 970. The number of sulfonamides is 1. The summed E-state index contributed by atoms with van der Waals surface area (Å²) in [6, 6.07) is 12.7. The molecule has 1 aliphatic rings. The highest BCUT2D eigenvalue weighted by Gasteiger charge is 2.16. The summed E-state index contributed by atoms with van der Waals surface area (Å²) in [5.74, 6) is 0.396. The first kappa shape index (κ1) is 21.0. The molecule has 0 heterocycles. The molecule has 1 aliphatic carbocycles. The lowest BCUT2D eigenvalue weighted by Gasteiger charge is -2.14. The van der Waals surface area contributed by atoms with Gasteiger partial charge in [-0.3, -0.25) is 15.6 Å². The maximum atomic E-state index is 12.2. The Balaban J connectivity index is 1.47. The van der Waals surface area contributed by atoms with E-state index in [2.05, 4.69) is 16.2 Å². The zero-order chi connectivity index (χ0) is 20.9. The summed E-state index contributed by atoms with van der Waals surface area (Å²) < 4.78 is 28.4. The molecule has 0 atom stereocenters. The molecule has 2 aromatic carbocycles. The third-order valence-corrected chi connectivity index (χ3v) is 5.59. The molecule has 0 aliphatic heterocycles. The molecule has 154 valence electrons. The van der Waals surface area contributed by atoms with E-state index >= 15 is 0 Å². The number of carbonyl (C=O) groups is 1. The van der Waals surface area contributed by atoms with Gasteiger partial charge in [-0.05, 0) is 86.4 Å². The Morgan fingerprint density at radius 1 is 1.00 bits per heavy atom. The number of primary sulfonamides is 1. The molecule has 0 aromatic heterocycles. The van der Waals surface area contributed by atoms with E-state index in [0.29, 0.717) is 11.3 Å². The van der Waals surface area contributed by atoms with E-state index in [-0.39, 0.29) is 22.0 Å². The van der Waals surface area contributed by atoms with Gasteiger partial charge in [0.05, 0.1) is 11.0 Å². The first-order valence-electron chi connectivity index (χ1n) is 9.08. The van der Waals surface area contributed by atoms with Crippen molar-refractivity contribution in [2.45, 2.75) is 36.7 Å². The van der Waals surface area contributed by atoms with Crippen molar-refractivity contribution in [3.8, 4) is 5.75 Å². The standard InChI is InChI=1S/C19H22N4O4S2/c20-29(25,26)17-11-7-14(8-12-17)21-19(28)23-22-18(24)13-5-9-16(10-6-13)27-15-3-1-2-4-15/h5-12,15H,1-4H2,(H,22,24)(H2,20,25,26)(H2,21,23,28). The van der Waals surface area contributed by atoms with Crippen molar-refractivity contribution in [2.75, 3.05) is 5.32 Å². The van der Waals surface area contributed by atoms with Crippen LogP contribution in [0.5, 0.6) is 5.75 Å². The molecule has 1 amide bonds. The Morgan fingerprint density at radius 2 is 1.62 bits per heavy atom. The van der Waals surface area contributed by atoms with Gasteiger partial charge in [0.2, 0.25) is 10.0 Å². The lowest BCUT2D eigenvalue weighted by Crippen LogP contribution is -2.43. The average molecular weight is 435 g/mol. The molecule has 0 unspecified atom stereocenters. The molecule has 1 saturated carbocycles. The number of hydrazine groups is 1. The number of nitrogens with two attached hydrogens (primary N) is 1. The van der Waals surface area contributed by atoms with Crippen LogP contribution < -0.4 is 26.0 Å². The van der Waals surface area contributed by atoms with Gasteiger partial charge < -0.3 is 10.1 Å². The van der Waals surface area contributed by atoms with Crippen LogP contribution in [0.3, 0.4) is 0 Å². The number of hydrogen-bond acceptors (Lipinski definition) is 5. The molecule has 0 saturated heterocycles. The molecular formula is C19H22N4O4S2. The van der Waals surface area contributed by atoms with Gasteiger partial charge in [-0.2, -0.15) is 0 Å². The average Bonchev–Trinajstić information content (AvgIpc) is 3.19. The quantitative estimate of drug-likeness (QED) is 0.421. The number of ether oxygens (including phenoxy) is 1. The highest BCUT2D eigenvalue weighted by molar-refractivity contribution is 7.89. The van der Waals surface area contributed by atoms with Crippen LogP contribution in [0.25, 0.3) is 0 Å². The molecule has 2 aromatic rings. The second kappa shape index (κ2) is 9.21. The van der Waals surface area contributed by atoms with Gasteiger partial charge in [0.1, 0.15) is 5.75 Å². The van der Waals surface area contributed by atoms with Crippen molar-refractivity contribution < 1.29 is 17.9 Å². The van der Waals surface area contributed by atoms with Crippen LogP contribution in [-0.2, 0) is 10.0 Å². The van der Waals surface area contributed by atoms with Crippen LogP contribution in [0.1, 0.15) is 36.0 Å². The SMILES string of the molecule is NS(=O)(=O)c1ccc(NC(=S)NNC(=O)c2ccc(OC3CCCC3)cc2)cc1. The molecule has 10 heteroatoms. The summed E-state index contributed by atoms with van der Waals surface area (Å²) in [5, 5.41) is 8.02. The Hall–Kier alpha value is -2.69. The highest BCUT2D eigenvalue weighted by atomic mass is 32.2. The predicted molar refractivity (Wildman–Crippen MR) is 114 cm³/mol. The van der Waals surface area contributed by atoms with E-state index in [9.17, 15) is 13.2 Å². The lowest BCUT2D eigenvalue weighted by atomic mass is 10.2. The molecule has 8 nitrogen and oxygen atoms in total. The van der Waals surface area contributed by atoms with Crippen molar-refractivity contribution in [1.29, 1.82) is 0 Å². The molecule has 1 fully saturated rings. The maximum absolute atomic E-state index is 12.2. The van der Waals surface area contributed by atoms with Gasteiger partial charge >= 0.3 is 0 Å². The van der Waals surface area contributed by atoms with Gasteiger partial charge in [-0.25, -0.2) is 13.6 Å². The van der Waals surface area contributed by atoms with Crippen LogP contribution in [0, 0.1) is 0 Å². The van der Waals surface area contributed by atoms with Gasteiger partial charge in [-0.15, -0.1) is 0 Å². The van der Waals surface area contributed by atoms with E-state index in [1.54, 1.807) is 24.3 Å². The van der Waals surface area contributed by atoms with Gasteiger partial charge in [0.25, 0.3) is 5.91 Å². The number of thiocarbonyl (C=S) groups is 1. The molecule has 29 heavy (non-hydrogen) atoms. The first-order valence-corrected chi connectivity index (χ1v) is 11.0. The highest BCUT2D eigenvalue weighted by Crippen LogP contribution is 2.24. The minimum Gasteiger partial charge on any atom is -0.490 e. The van der Waals surface area contributed by atoms with Crippen LogP contribution in [0.15, 0.2) is 53.4 Å². The Labute approximate surface area is 174 Å². The summed E-state index contributed by atoms with van der Waals surface area (Å²) in [7, 11) is -3.75. The maximum Gasteiger partial charge on any atom is 0.269 e. The van der Waals surface area contributed by atoms with Gasteiger partial charge in [0, 0.05) is 11.3 Å². The second-order valence-electron chi connectivity index (χ2n) is 6.65. The summed E-state index contributed by atoms with van der Waals surface area (Å²) in [5.41, 5.74) is 6.09. The van der Waals surface area contributed by atoms with Gasteiger partial charge in [-0.1, -0.05) is 0 Å². The number of amides is 1. The Kier molecular flexibility index (Phi) is 6.68. The zero-order valence-corrected chi connectivity index (χ0v) is 17.2. The summed E-state index contributed by atoms with van der Waals surface area (Å²) in [6.45, 7) is 0. The molecule has 5 N–H and O–H groups in total. The molecule has 0 radical (unpaired) electrons. The largest absolute Gasteiger partial charge is 0.490 e. The number of carbonyl (C=O) groups excluding carboxylic acids is 1. The zero-order valence-electron chi connectivity index (χ0n) is 15.6. The van der Waals surface area contributed by atoms with Crippen LogP contribution in [-0.4, -0.2) is 25.5 Å². The fourth-order valence-corrected chi connectivity index (χ4v) is 3.64. The normalized spacial score (nSPS) is 14.2. The van der Waals surface area contributed by atoms with E-state index in [4.69, 9.17) is 22.1 Å². The fourth-order valence-electron chi connectivity index (χ4n) is 2.96.